The van der Waals surface area contributed by atoms with Gasteiger partial charge in [-0.25, -0.2) is 19.9 Å². The van der Waals surface area contributed by atoms with Gasteiger partial charge >= 0.3 is 12.4 Å². The molecule has 2 saturated heterocycles. The molecule has 8 rings (SSSR count). The second-order valence-electron chi connectivity index (χ2n) is 16.6. The Bertz CT molecular complexity index is 2220. The Balaban J connectivity index is 0.000000181. The minimum atomic E-state index is -4.54. The normalized spacial score (nSPS) is 20.3. The molecule has 0 amide bonds. The first kappa shape index (κ1) is 42.8. The predicted molar refractivity (Wildman–Crippen MR) is 220 cm³/mol. The van der Waals surface area contributed by atoms with Crippen LogP contribution in [0.1, 0.15) is 64.5 Å². The SMILES string of the molecule is CC(C)C[C@@H]1CN(c2ccc(C(F)(F)F)c(-c3[nH]nc4ncccc34)n2)CC[C@H]1N.CC(C)C[C@H]1CN(c2ccc(C(F)(F)F)c(-c3[nH]nc4ncccc34)n2)CC[C@@H]1N. The van der Waals surface area contributed by atoms with Gasteiger partial charge in [0.25, 0.3) is 0 Å². The van der Waals surface area contributed by atoms with E-state index in [0.29, 0.717) is 71.7 Å². The molecule has 6 aromatic heterocycles. The van der Waals surface area contributed by atoms with Crippen LogP contribution in [0.25, 0.3) is 44.8 Å². The van der Waals surface area contributed by atoms with E-state index in [0.717, 1.165) is 37.8 Å². The van der Waals surface area contributed by atoms with E-state index in [4.69, 9.17) is 11.5 Å². The van der Waals surface area contributed by atoms with Crippen molar-refractivity contribution in [3.8, 4) is 22.8 Å². The number of hydrogen-bond acceptors (Lipinski definition) is 10. The van der Waals surface area contributed by atoms with Gasteiger partial charge in [-0.15, -0.1) is 0 Å². The fourth-order valence-corrected chi connectivity index (χ4v) is 8.38. The van der Waals surface area contributed by atoms with Gasteiger partial charge in [-0.05, 0) is 97.9 Å². The summed E-state index contributed by atoms with van der Waals surface area (Å²) in [6, 6.07) is 12.0. The number of anilines is 2. The molecular formula is C42H50F6N12. The van der Waals surface area contributed by atoms with Gasteiger partial charge in [-0.3, -0.25) is 10.2 Å². The van der Waals surface area contributed by atoms with Crippen LogP contribution >= 0.6 is 0 Å². The molecule has 2 aliphatic rings. The minimum Gasteiger partial charge on any atom is -0.356 e. The number of nitrogens with zero attached hydrogens (tertiary/aromatic N) is 8. The van der Waals surface area contributed by atoms with Gasteiger partial charge in [-0.1, -0.05) is 27.7 Å². The molecule has 320 valence electrons. The average Bonchev–Trinajstić information content (AvgIpc) is 3.83. The summed E-state index contributed by atoms with van der Waals surface area (Å²) in [5.41, 5.74) is 11.8. The maximum absolute atomic E-state index is 13.8. The number of H-pyrrole nitrogens is 2. The highest BCUT2D eigenvalue weighted by Gasteiger charge is 2.38. The summed E-state index contributed by atoms with van der Waals surface area (Å²) in [7, 11) is 0. The Hall–Kier alpha value is -5.36. The molecular weight excluding hydrogens is 787 g/mol. The zero-order chi connectivity index (χ0) is 42.9. The largest absolute Gasteiger partial charge is 0.418 e. The second kappa shape index (κ2) is 17.3. The second-order valence-corrected chi connectivity index (χ2v) is 16.6. The summed E-state index contributed by atoms with van der Waals surface area (Å²) in [4.78, 5) is 21.2. The average molecular weight is 837 g/mol. The Labute approximate surface area is 343 Å². The molecule has 0 unspecified atom stereocenters. The fraction of sp³-hybridized carbons (Fsp3) is 0.476. The number of pyridine rings is 4. The Morgan fingerprint density at radius 2 is 1.03 bits per heavy atom. The van der Waals surface area contributed by atoms with Crippen LogP contribution in [0.4, 0.5) is 38.0 Å². The number of nitrogens with two attached hydrogens (primary N) is 2. The lowest BCUT2D eigenvalue weighted by molar-refractivity contribution is -0.138. The van der Waals surface area contributed by atoms with Crippen molar-refractivity contribution < 1.29 is 26.3 Å². The maximum atomic E-state index is 13.8. The monoisotopic (exact) mass is 836 g/mol. The molecule has 0 aliphatic carbocycles. The molecule has 0 saturated carbocycles. The van der Waals surface area contributed by atoms with E-state index < -0.39 is 23.5 Å². The first-order valence-electron chi connectivity index (χ1n) is 20.2. The first-order chi connectivity index (χ1) is 28.5. The molecule has 0 spiro atoms. The van der Waals surface area contributed by atoms with E-state index in [1.165, 1.54) is 12.1 Å². The van der Waals surface area contributed by atoms with E-state index >= 15 is 0 Å². The molecule has 60 heavy (non-hydrogen) atoms. The van der Waals surface area contributed by atoms with Crippen LogP contribution in [0, 0.1) is 23.7 Å². The van der Waals surface area contributed by atoms with Crippen LogP contribution in [0.3, 0.4) is 0 Å². The molecule has 8 heterocycles. The molecule has 6 N–H and O–H groups in total. The number of aromatic amines is 2. The van der Waals surface area contributed by atoms with Gasteiger partial charge in [0, 0.05) is 61.4 Å². The van der Waals surface area contributed by atoms with Crippen molar-refractivity contribution in [2.24, 2.45) is 35.1 Å². The van der Waals surface area contributed by atoms with Crippen LogP contribution in [0.15, 0.2) is 60.9 Å². The highest BCUT2D eigenvalue weighted by Crippen LogP contribution is 2.41. The summed E-state index contributed by atoms with van der Waals surface area (Å²) in [6.45, 7) is 11.3. The number of hydrogen-bond donors (Lipinski definition) is 4. The van der Waals surface area contributed by atoms with Crippen LogP contribution in [0.5, 0.6) is 0 Å². The third-order valence-electron chi connectivity index (χ3n) is 11.3. The van der Waals surface area contributed by atoms with Gasteiger partial charge in [0.15, 0.2) is 11.3 Å². The fourth-order valence-electron chi connectivity index (χ4n) is 8.38. The smallest absolute Gasteiger partial charge is 0.356 e. The van der Waals surface area contributed by atoms with Crippen molar-refractivity contribution in [3.05, 3.63) is 72.1 Å². The van der Waals surface area contributed by atoms with Gasteiger partial charge in [0.05, 0.1) is 22.5 Å². The van der Waals surface area contributed by atoms with Crippen molar-refractivity contribution in [2.75, 3.05) is 36.0 Å². The lowest BCUT2D eigenvalue weighted by Gasteiger charge is -2.38. The number of fused-ring (bicyclic) bond motifs is 2. The number of aromatic nitrogens is 8. The third-order valence-corrected chi connectivity index (χ3v) is 11.3. The topological polar surface area (TPSA) is 167 Å². The number of alkyl halides is 6. The van der Waals surface area contributed by atoms with Crippen LogP contribution in [0.2, 0.25) is 0 Å². The molecule has 12 nitrogen and oxygen atoms in total. The minimum absolute atomic E-state index is 0.0974. The summed E-state index contributed by atoms with van der Waals surface area (Å²) < 4.78 is 82.5. The van der Waals surface area contributed by atoms with Gasteiger partial charge in [0.1, 0.15) is 23.0 Å². The summed E-state index contributed by atoms with van der Waals surface area (Å²) in [6.07, 6.45) is -2.46. The van der Waals surface area contributed by atoms with Gasteiger partial charge in [0.2, 0.25) is 0 Å². The van der Waals surface area contributed by atoms with E-state index in [-0.39, 0.29) is 46.7 Å². The van der Waals surface area contributed by atoms with E-state index in [2.05, 4.69) is 68.0 Å². The molecule has 18 heteroatoms. The molecule has 0 bridgehead atoms. The lowest BCUT2D eigenvalue weighted by Crippen LogP contribution is -2.47. The molecule has 0 radical (unpaired) electrons. The predicted octanol–water partition coefficient (Wildman–Crippen LogP) is 8.48. The summed E-state index contributed by atoms with van der Waals surface area (Å²) in [5, 5.41) is 14.5. The summed E-state index contributed by atoms with van der Waals surface area (Å²) in [5.74, 6) is 2.60. The van der Waals surface area contributed by atoms with Crippen molar-refractivity contribution in [1.29, 1.82) is 0 Å². The van der Waals surface area contributed by atoms with E-state index in [9.17, 15) is 26.3 Å². The maximum Gasteiger partial charge on any atom is 0.418 e. The quantitative estimate of drug-likeness (QED) is 0.109. The van der Waals surface area contributed by atoms with E-state index in [1.807, 2.05) is 9.80 Å². The van der Waals surface area contributed by atoms with Gasteiger partial charge in [-0.2, -0.15) is 36.5 Å². The highest BCUT2D eigenvalue weighted by atomic mass is 19.4. The standard InChI is InChI=1S/2C21H25F3N6/c2*1-12(2)10-13-11-30(9-7-16(13)25)17-6-5-15(21(22,23)24)19(27-17)18-14-4-3-8-26-20(14)29-28-18/h2*3-6,8,12-13,16H,7,9-11,25H2,1-2H3,(H,26,28,29)/t2*13-,16-/m10/s1. The number of piperidine rings is 2. The van der Waals surface area contributed by atoms with Crippen molar-refractivity contribution >= 4 is 33.7 Å². The van der Waals surface area contributed by atoms with Crippen molar-refractivity contribution in [2.45, 2.75) is 77.8 Å². The highest BCUT2D eigenvalue weighted by molar-refractivity contribution is 5.91. The Kier molecular flexibility index (Phi) is 12.3. The molecule has 0 aromatic carbocycles. The van der Waals surface area contributed by atoms with Crippen molar-refractivity contribution in [3.63, 3.8) is 0 Å². The van der Waals surface area contributed by atoms with Crippen LogP contribution < -0.4 is 21.3 Å². The van der Waals surface area contributed by atoms with E-state index in [1.54, 1.807) is 36.7 Å². The molecule has 4 atom stereocenters. The number of nitrogens with one attached hydrogen (secondary N) is 2. The van der Waals surface area contributed by atoms with Crippen LogP contribution in [-0.4, -0.2) is 78.6 Å². The Morgan fingerprint density at radius 3 is 1.40 bits per heavy atom. The van der Waals surface area contributed by atoms with Crippen LogP contribution in [-0.2, 0) is 12.4 Å². The third kappa shape index (κ3) is 9.33. The van der Waals surface area contributed by atoms with Crippen molar-refractivity contribution in [1.82, 2.24) is 40.3 Å². The lowest BCUT2D eigenvalue weighted by atomic mass is 9.86. The summed E-state index contributed by atoms with van der Waals surface area (Å²) >= 11 is 0. The zero-order valence-corrected chi connectivity index (χ0v) is 33.9. The first-order valence-corrected chi connectivity index (χ1v) is 20.2. The Morgan fingerprint density at radius 1 is 0.633 bits per heavy atom. The number of rotatable bonds is 8. The molecule has 6 aromatic rings. The molecule has 2 aliphatic heterocycles. The molecule has 2 fully saturated rings. The van der Waals surface area contributed by atoms with Gasteiger partial charge < -0.3 is 21.3 Å². The number of halogens is 6. The zero-order valence-electron chi connectivity index (χ0n) is 33.9.